The van der Waals surface area contributed by atoms with Gasteiger partial charge in [0, 0.05) is 48.0 Å². The van der Waals surface area contributed by atoms with Crippen molar-refractivity contribution in [3.8, 4) is 16.5 Å². The van der Waals surface area contributed by atoms with Gasteiger partial charge in [-0.05, 0) is 31.9 Å². The number of morpholine rings is 1. The van der Waals surface area contributed by atoms with Crippen molar-refractivity contribution in [3.05, 3.63) is 56.6 Å². The van der Waals surface area contributed by atoms with Crippen LogP contribution in [0.1, 0.15) is 25.1 Å². The number of halogens is 2. The largest absolute Gasteiger partial charge is 0.501 e. The molecule has 0 aromatic carbocycles. The normalized spacial score (nSPS) is 22.6. The summed E-state index contributed by atoms with van der Waals surface area (Å²) in [5.41, 5.74) is 0.493. The van der Waals surface area contributed by atoms with Crippen LogP contribution in [0, 0.1) is 0 Å². The number of imidazole rings is 1. The van der Waals surface area contributed by atoms with Crippen LogP contribution in [0.2, 0.25) is 0 Å². The average Bonchev–Trinajstić information content (AvgIpc) is 3.45. The highest BCUT2D eigenvalue weighted by molar-refractivity contribution is 7.15. The molecular weight excluding hydrogens is 525 g/mol. The number of amides is 1. The van der Waals surface area contributed by atoms with Crippen LogP contribution in [-0.2, 0) is 22.5 Å². The number of alkyl halides is 1. The van der Waals surface area contributed by atoms with Gasteiger partial charge < -0.3 is 19.3 Å². The smallest absolute Gasteiger partial charge is 0.302 e. The predicted molar refractivity (Wildman–Crippen MR) is 139 cm³/mol. The van der Waals surface area contributed by atoms with Crippen molar-refractivity contribution in [1.29, 1.82) is 0 Å². The molecule has 12 heteroatoms. The predicted octanol–water partition coefficient (Wildman–Crippen LogP) is 3.56. The molecule has 0 spiro atoms. The minimum absolute atomic E-state index is 0.0124. The zero-order chi connectivity index (χ0) is 25.6. The minimum atomic E-state index is -0.621. The fraction of sp³-hybridized carbons (Fsp3) is 0.417. The lowest BCUT2D eigenvalue weighted by Gasteiger charge is -2.35. The molecule has 9 nitrogen and oxygen atoms in total. The Balaban J connectivity index is 1.41. The van der Waals surface area contributed by atoms with Crippen LogP contribution in [0.25, 0.3) is 16.5 Å². The molecule has 3 aromatic rings. The number of carbonyl (C=O) groups excluding carboxylic acids is 1. The molecule has 2 aliphatic rings. The second kappa shape index (κ2) is 10.0. The number of nitrogens with zero attached hydrogens (tertiary/aromatic N) is 5. The van der Waals surface area contributed by atoms with E-state index in [-0.39, 0.29) is 41.5 Å². The molecule has 5 rings (SSSR count). The van der Waals surface area contributed by atoms with Gasteiger partial charge >= 0.3 is 5.56 Å². The van der Waals surface area contributed by atoms with Crippen molar-refractivity contribution in [1.82, 2.24) is 23.8 Å². The minimum Gasteiger partial charge on any atom is -0.501 e. The molecule has 1 saturated heterocycles. The van der Waals surface area contributed by atoms with Crippen molar-refractivity contribution in [2.24, 2.45) is 0 Å². The molecular formula is C24H25Cl2N5O4S. The molecule has 1 unspecified atom stereocenters. The van der Waals surface area contributed by atoms with E-state index < -0.39 is 11.3 Å². The first-order valence-corrected chi connectivity index (χ1v) is 13.2. The number of aromatic hydroxyl groups is 1. The summed E-state index contributed by atoms with van der Waals surface area (Å²) in [5, 5.41) is 11.4. The molecule has 0 bridgehead atoms. The van der Waals surface area contributed by atoms with Crippen molar-refractivity contribution >= 4 is 46.2 Å². The molecule has 3 atom stereocenters. The third-order valence-corrected chi connectivity index (χ3v) is 8.05. The summed E-state index contributed by atoms with van der Waals surface area (Å²) in [4.78, 5) is 37.5. The van der Waals surface area contributed by atoms with Gasteiger partial charge in [0.2, 0.25) is 17.4 Å². The van der Waals surface area contributed by atoms with E-state index in [2.05, 4.69) is 9.97 Å². The van der Waals surface area contributed by atoms with Gasteiger partial charge in [0.15, 0.2) is 5.69 Å². The molecule has 3 aromatic heterocycles. The number of ether oxygens (including phenoxy) is 1. The SMILES string of the molecule is C[C@H]1CN(C(=O)Cn2ccn3c(=O)c(O)c(-c4ncc(CC5=CCC(Cl)C(Cl)=C5)s4)nc23)C[C@H](C)O1. The van der Waals surface area contributed by atoms with E-state index in [1.165, 1.54) is 21.9 Å². The summed E-state index contributed by atoms with van der Waals surface area (Å²) < 4.78 is 8.55. The average molecular weight is 550 g/mol. The Morgan fingerprint density at radius 1 is 1.28 bits per heavy atom. The lowest BCUT2D eigenvalue weighted by Crippen LogP contribution is -2.49. The van der Waals surface area contributed by atoms with Crippen LogP contribution in [0.15, 0.2) is 46.1 Å². The van der Waals surface area contributed by atoms with Crippen molar-refractivity contribution in [3.63, 3.8) is 0 Å². The summed E-state index contributed by atoms with van der Waals surface area (Å²) >= 11 is 13.7. The Bertz CT molecular complexity index is 1430. The van der Waals surface area contributed by atoms with Gasteiger partial charge in [-0.25, -0.2) is 14.4 Å². The van der Waals surface area contributed by atoms with Gasteiger partial charge in [-0.2, -0.15) is 0 Å². The van der Waals surface area contributed by atoms with E-state index in [4.69, 9.17) is 27.9 Å². The molecule has 1 aliphatic carbocycles. The highest BCUT2D eigenvalue weighted by atomic mass is 35.5. The van der Waals surface area contributed by atoms with Crippen LogP contribution in [0.4, 0.5) is 0 Å². The molecule has 1 aliphatic heterocycles. The summed E-state index contributed by atoms with van der Waals surface area (Å²) in [7, 11) is 0. The third-order valence-electron chi connectivity index (χ3n) is 6.15. The van der Waals surface area contributed by atoms with Gasteiger partial charge in [0.25, 0.3) is 0 Å². The van der Waals surface area contributed by atoms with Gasteiger partial charge in [-0.15, -0.1) is 22.9 Å². The van der Waals surface area contributed by atoms with E-state index in [9.17, 15) is 14.7 Å². The number of hydrogen-bond acceptors (Lipinski definition) is 7. The summed E-state index contributed by atoms with van der Waals surface area (Å²) in [6, 6.07) is 0. The second-order valence-corrected chi connectivity index (χ2v) is 11.2. The van der Waals surface area contributed by atoms with E-state index >= 15 is 0 Å². The third kappa shape index (κ3) is 4.95. The standard InChI is InChI=1S/C24H25Cl2N5O4S/c1-13-10-30(11-14(2)35-13)19(32)12-29-5-6-31-23(34)21(33)20(28-24(29)31)22-27-9-16(36-22)7-15-3-4-17(25)18(26)8-15/h3,5-6,8-9,13-14,17,33H,4,7,10-12H2,1-2H3/t13-,14-,17?/m0/s1. The van der Waals surface area contributed by atoms with Crippen LogP contribution < -0.4 is 5.56 Å². The highest BCUT2D eigenvalue weighted by Gasteiger charge is 2.27. The molecule has 1 fully saturated rings. The van der Waals surface area contributed by atoms with Crippen LogP contribution in [0.5, 0.6) is 5.75 Å². The number of hydrogen-bond donors (Lipinski definition) is 1. The van der Waals surface area contributed by atoms with Gasteiger partial charge in [-0.1, -0.05) is 17.7 Å². The fourth-order valence-electron chi connectivity index (χ4n) is 4.48. The maximum absolute atomic E-state index is 13.0. The topological polar surface area (TPSA) is 102 Å². The van der Waals surface area contributed by atoms with Gasteiger partial charge in [-0.3, -0.25) is 9.59 Å². The number of thiazole rings is 1. The Labute approximate surface area is 221 Å². The van der Waals surface area contributed by atoms with Crippen LogP contribution >= 0.6 is 34.5 Å². The Morgan fingerprint density at radius 3 is 2.75 bits per heavy atom. The summed E-state index contributed by atoms with van der Waals surface area (Å²) in [6.07, 6.45) is 9.86. The Hall–Kier alpha value is -2.66. The van der Waals surface area contributed by atoms with Crippen molar-refractivity contribution < 1.29 is 14.6 Å². The van der Waals surface area contributed by atoms with Gasteiger partial charge in [0.1, 0.15) is 11.6 Å². The molecule has 0 radical (unpaired) electrons. The number of carbonyl (C=O) groups is 1. The zero-order valence-corrected chi connectivity index (χ0v) is 22.1. The number of allylic oxidation sites excluding steroid dienone is 4. The lowest BCUT2D eigenvalue weighted by molar-refractivity contribution is -0.143. The van der Waals surface area contributed by atoms with Gasteiger partial charge in [0.05, 0.1) is 17.6 Å². The first-order chi connectivity index (χ1) is 17.2. The summed E-state index contributed by atoms with van der Waals surface area (Å²) in [6.45, 7) is 4.89. The Kier molecular flexibility index (Phi) is 6.95. The molecule has 190 valence electrons. The highest BCUT2D eigenvalue weighted by Crippen LogP contribution is 2.32. The molecule has 4 heterocycles. The number of fused-ring (bicyclic) bond motifs is 1. The molecule has 0 saturated carbocycles. The van der Waals surface area contributed by atoms with E-state index in [1.54, 1.807) is 21.9 Å². The molecule has 1 N–H and O–H groups in total. The van der Waals surface area contributed by atoms with Crippen LogP contribution in [0.3, 0.4) is 0 Å². The van der Waals surface area contributed by atoms with E-state index in [0.717, 1.165) is 10.5 Å². The second-order valence-electron chi connectivity index (χ2n) is 9.09. The zero-order valence-electron chi connectivity index (χ0n) is 19.7. The molecule has 1 amide bonds. The van der Waals surface area contributed by atoms with Crippen molar-refractivity contribution in [2.75, 3.05) is 13.1 Å². The maximum atomic E-state index is 13.0. The number of rotatable bonds is 5. The van der Waals surface area contributed by atoms with E-state index in [0.29, 0.717) is 36.0 Å². The van der Waals surface area contributed by atoms with E-state index in [1.807, 2.05) is 26.0 Å². The van der Waals surface area contributed by atoms with Crippen LogP contribution in [-0.4, -0.2) is 65.5 Å². The fourth-order valence-corrected chi connectivity index (χ4v) is 5.80. The van der Waals surface area contributed by atoms with Crippen molar-refractivity contribution in [2.45, 2.75) is 50.8 Å². The first-order valence-electron chi connectivity index (χ1n) is 11.6. The summed E-state index contributed by atoms with van der Waals surface area (Å²) in [5.74, 6) is -0.328. The maximum Gasteiger partial charge on any atom is 0.302 e. The quantitative estimate of drug-likeness (QED) is 0.488. The number of aromatic nitrogens is 4. The monoisotopic (exact) mass is 549 g/mol. The first kappa shape index (κ1) is 25.0. The molecule has 36 heavy (non-hydrogen) atoms. The lowest BCUT2D eigenvalue weighted by atomic mass is 10.0. The Morgan fingerprint density at radius 2 is 2.03 bits per heavy atom.